The standard InChI is InChI=1S/C20H34O2/c1-12-4-5-15-18-16(7-9-19(12,15)2)20(3)8-6-14(21)10-13(20)11-17(18)22/h12-18,21-22H,4-11H2,1-3H3/t12-,13?,14+,15-,16-,17+,18-,19+,20-/m0/s1. The molecule has 0 aromatic rings. The lowest BCUT2D eigenvalue weighted by Crippen LogP contribution is -2.58. The van der Waals surface area contributed by atoms with Crippen LogP contribution in [0.25, 0.3) is 0 Å². The van der Waals surface area contributed by atoms with Crippen LogP contribution < -0.4 is 0 Å². The van der Waals surface area contributed by atoms with E-state index in [1.165, 1.54) is 32.1 Å². The second-order valence-electron chi connectivity index (χ2n) is 9.75. The first-order chi connectivity index (χ1) is 10.4. The number of hydrogen-bond acceptors (Lipinski definition) is 2. The summed E-state index contributed by atoms with van der Waals surface area (Å²) in [6.07, 6.45) is 9.13. The summed E-state index contributed by atoms with van der Waals surface area (Å²) in [4.78, 5) is 0. The number of aliphatic hydroxyl groups excluding tert-OH is 2. The van der Waals surface area contributed by atoms with Gasteiger partial charge in [-0.15, -0.1) is 0 Å². The highest BCUT2D eigenvalue weighted by Gasteiger charge is 2.61. The van der Waals surface area contributed by atoms with E-state index in [2.05, 4.69) is 20.8 Å². The molecule has 4 rings (SSSR count). The molecule has 4 aliphatic rings. The Hall–Kier alpha value is -0.0800. The molecule has 2 N–H and O–H groups in total. The van der Waals surface area contributed by atoms with Crippen molar-refractivity contribution < 1.29 is 10.2 Å². The second-order valence-corrected chi connectivity index (χ2v) is 9.75. The van der Waals surface area contributed by atoms with Crippen molar-refractivity contribution in [3.05, 3.63) is 0 Å². The summed E-state index contributed by atoms with van der Waals surface area (Å²) in [7, 11) is 0. The van der Waals surface area contributed by atoms with Crippen LogP contribution in [0.5, 0.6) is 0 Å². The van der Waals surface area contributed by atoms with Gasteiger partial charge in [-0.3, -0.25) is 0 Å². The molecular formula is C20H34O2. The number of rotatable bonds is 0. The normalized spacial score (nSPS) is 61.2. The summed E-state index contributed by atoms with van der Waals surface area (Å²) in [5, 5.41) is 21.1. The van der Waals surface area contributed by atoms with Crippen LogP contribution >= 0.6 is 0 Å². The predicted molar refractivity (Wildman–Crippen MR) is 88.3 cm³/mol. The minimum atomic E-state index is -0.123. The first-order valence-corrected chi connectivity index (χ1v) is 9.72. The van der Waals surface area contributed by atoms with Crippen LogP contribution in [0.2, 0.25) is 0 Å². The molecule has 0 aromatic carbocycles. The van der Waals surface area contributed by atoms with Gasteiger partial charge in [-0.2, -0.15) is 0 Å². The van der Waals surface area contributed by atoms with Gasteiger partial charge in [0, 0.05) is 0 Å². The van der Waals surface area contributed by atoms with Crippen LogP contribution in [-0.4, -0.2) is 22.4 Å². The molecule has 4 aliphatic carbocycles. The van der Waals surface area contributed by atoms with Crippen molar-refractivity contribution in [3.63, 3.8) is 0 Å². The van der Waals surface area contributed by atoms with Gasteiger partial charge in [-0.05, 0) is 91.8 Å². The van der Waals surface area contributed by atoms with E-state index < -0.39 is 0 Å². The summed E-state index contributed by atoms with van der Waals surface area (Å²) in [5.41, 5.74) is 0.843. The molecule has 0 saturated heterocycles. The van der Waals surface area contributed by atoms with E-state index in [-0.39, 0.29) is 12.2 Å². The van der Waals surface area contributed by atoms with Crippen LogP contribution in [-0.2, 0) is 0 Å². The van der Waals surface area contributed by atoms with Gasteiger partial charge in [0.15, 0.2) is 0 Å². The predicted octanol–water partition coefficient (Wildman–Crippen LogP) is 4.00. The summed E-state index contributed by atoms with van der Waals surface area (Å²) in [6.45, 7) is 7.45. The van der Waals surface area contributed by atoms with Gasteiger partial charge in [0.1, 0.15) is 0 Å². The number of aliphatic hydroxyl groups is 2. The zero-order valence-electron chi connectivity index (χ0n) is 14.6. The smallest absolute Gasteiger partial charge is 0.0577 e. The topological polar surface area (TPSA) is 40.5 Å². The molecule has 0 heterocycles. The monoisotopic (exact) mass is 306 g/mol. The quantitative estimate of drug-likeness (QED) is 0.710. The average Bonchev–Trinajstić information content (AvgIpc) is 2.77. The maximum atomic E-state index is 11.0. The van der Waals surface area contributed by atoms with Crippen molar-refractivity contribution in [2.45, 2.75) is 84.3 Å². The molecule has 0 aromatic heterocycles. The van der Waals surface area contributed by atoms with Crippen molar-refractivity contribution in [1.29, 1.82) is 0 Å². The summed E-state index contributed by atoms with van der Waals surface area (Å²) in [6, 6.07) is 0. The molecule has 2 heteroatoms. The third-order valence-electron chi connectivity index (χ3n) is 9.13. The Kier molecular flexibility index (Phi) is 3.48. The van der Waals surface area contributed by atoms with Crippen molar-refractivity contribution in [2.24, 2.45) is 40.4 Å². The van der Waals surface area contributed by atoms with E-state index in [1.54, 1.807) is 0 Å². The summed E-state index contributed by atoms with van der Waals surface area (Å²) in [5.74, 6) is 3.32. The molecule has 2 nitrogen and oxygen atoms in total. The van der Waals surface area contributed by atoms with Gasteiger partial charge in [0.25, 0.3) is 0 Å². The van der Waals surface area contributed by atoms with Crippen LogP contribution in [0.4, 0.5) is 0 Å². The molecule has 0 aliphatic heterocycles. The van der Waals surface area contributed by atoms with E-state index in [9.17, 15) is 10.2 Å². The maximum absolute atomic E-state index is 11.0. The molecule has 126 valence electrons. The Morgan fingerprint density at radius 1 is 0.818 bits per heavy atom. The average molecular weight is 306 g/mol. The van der Waals surface area contributed by atoms with Crippen molar-refractivity contribution in [1.82, 2.24) is 0 Å². The first kappa shape index (κ1) is 15.4. The third kappa shape index (κ3) is 1.92. The lowest BCUT2D eigenvalue weighted by Gasteiger charge is -2.62. The van der Waals surface area contributed by atoms with Gasteiger partial charge in [0.05, 0.1) is 12.2 Å². The van der Waals surface area contributed by atoms with E-state index in [0.29, 0.717) is 28.6 Å². The second kappa shape index (κ2) is 4.96. The molecule has 0 radical (unpaired) electrons. The van der Waals surface area contributed by atoms with Crippen molar-refractivity contribution in [3.8, 4) is 0 Å². The number of hydrogen-bond donors (Lipinski definition) is 2. The molecule has 1 unspecified atom stereocenters. The molecule has 22 heavy (non-hydrogen) atoms. The summed E-state index contributed by atoms with van der Waals surface area (Å²) < 4.78 is 0. The fraction of sp³-hybridized carbons (Fsp3) is 1.00. The molecule has 9 atom stereocenters. The molecular weight excluding hydrogens is 272 g/mol. The lowest BCUT2D eigenvalue weighted by atomic mass is 9.44. The minimum absolute atomic E-state index is 0.122. The SMILES string of the molecule is C[C@H]1CC[C@H]2[C@@H]3[C@H](O)CC4C[C@H](O)CC[C@]4(C)[C@H]3CC[C@]12C. The van der Waals surface area contributed by atoms with Gasteiger partial charge < -0.3 is 10.2 Å². The Balaban J connectivity index is 1.67. The molecule has 4 saturated carbocycles. The van der Waals surface area contributed by atoms with Gasteiger partial charge >= 0.3 is 0 Å². The van der Waals surface area contributed by atoms with E-state index >= 15 is 0 Å². The van der Waals surface area contributed by atoms with E-state index in [1.807, 2.05) is 0 Å². The fourth-order valence-corrected chi connectivity index (χ4v) is 7.46. The largest absolute Gasteiger partial charge is 0.393 e. The molecule has 0 amide bonds. The Morgan fingerprint density at radius 2 is 1.50 bits per heavy atom. The molecule has 0 bridgehead atoms. The van der Waals surface area contributed by atoms with Crippen molar-refractivity contribution in [2.75, 3.05) is 0 Å². The molecule has 4 fully saturated rings. The molecule has 0 spiro atoms. The van der Waals surface area contributed by atoms with Gasteiger partial charge in [0.2, 0.25) is 0 Å². The summed E-state index contributed by atoms with van der Waals surface area (Å²) >= 11 is 0. The zero-order valence-corrected chi connectivity index (χ0v) is 14.6. The Morgan fingerprint density at radius 3 is 2.27 bits per heavy atom. The third-order valence-corrected chi connectivity index (χ3v) is 9.13. The lowest BCUT2D eigenvalue weighted by molar-refractivity contribution is -0.171. The number of fused-ring (bicyclic) bond motifs is 5. The van der Waals surface area contributed by atoms with Crippen LogP contribution in [0.15, 0.2) is 0 Å². The Bertz CT molecular complexity index is 449. The Labute approximate surface area is 135 Å². The van der Waals surface area contributed by atoms with E-state index in [0.717, 1.165) is 31.1 Å². The maximum Gasteiger partial charge on any atom is 0.0577 e. The van der Waals surface area contributed by atoms with Gasteiger partial charge in [-0.25, -0.2) is 0 Å². The zero-order chi connectivity index (χ0) is 15.7. The van der Waals surface area contributed by atoms with Crippen LogP contribution in [0.1, 0.15) is 72.1 Å². The van der Waals surface area contributed by atoms with E-state index in [4.69, 9.17) is 0 Å². The van der Waals surface area contributed by atoms with Gasteiger partial charge in [-0.1, -0.05) is 20.8 Å². The van der Waals surface area contributed by atoms with Crippen LogP contribution in [0, 0.1) is 40.4 Å². The minimum Gasteiger partial charge on any atom is -0.393 e. The van der Waals surface area contributed by atoms with Crippen LogP contribution in [0.3, 0.4) is 0 Å². The highest BCUT2D eigenvalue weighted by molar-refractivity contribution is 5.10. The van der Waals surface area contributed by atoms with Crippen molar-refractivity contribution >= 4 is 0 Å². The fourth-order valence-electron chi connectivity index (χ4n) is 7.46. The first-order valence-electron chi connectivity index (χ1n) is 9.72. The highest BCUT2D eigenvalue weighted by atomic mass is 16.3. The highest BCUT2D eigenvalue weighted by Crippen LogP contribution is 2.67.